The molecule has 1 heterocycles. The Kier molecular flexibility index (Phi) is 2.82. The standard InChI is InChI=1S/C15H19N3/c1-10(11-4-5-11)9-18-14-7-6-13(16)15-12(14)3-2-8-17-15/h2-3,6-8,10-11,18H,4-5,9,16H2,1H3. The fraction of sp³-hybridized carbons (Fsp3) is 0.400. The molecule has 0 saturated heterocycles. The number of pyridine rings is 1. The highest BCUT2D eigenvalue weighted by Crippen LogP contribution is 2.37. The van der Waals surface area contributed by atoms with Crippen molar-refractivity contribution >= 4 is 22.3 Å². The van der Waals surface area contributed by atoms with Crippen LogP contribution >= 0.6 is 0 Å². The molecule has 1 saturated carbocycles. The summed E-state index contributed by atoms with van der Waals surface area (Å²) in [5.74, 6) is 1.67. The van der Waals surface area contributed by atoms with Crippen LogP contribution in [0.4, 0.5) is 11.4 Å². The van der Waals surface area contributed by atoms with E-state index in [1.165, 1.54) is 12.8 Å². The van der Waals surface area contributed by atoms with Crippen LogP contribution in [-0.4, -0.2) is 11.5 Å². The molecule has 0 amide bonds. The van der Waals surface area contributed by atoms with Gasteiger partial charge in [0.05, 0.1) is 11.2 Å². The molecular weight excluding hydrogens is 222 g/mol. The van der Waals surface area contributed by atoms with E-state index in [-0.39, 0.29) is 0 Å². The van der Waals surface area contributed by atoms with Crippen molar-refractivity contribution in [2.75, 3.05) is 17.6 Å². The van der Waals surface area contributed by atoms with Gasteiger partial charge in [-0.3, -0.25) is 4.98 Å². The number of nitrogens with one attached hydrogen (secondary N) is 1. The van der Waals surface area contributed by atoms with Crippen LogP contribution in [0.25, 0.3) is 10.9 Å². The van der Waals surface area contributed by atoms with Crippen LogP contribution < -0.4 is 11.1 Å². The van der Waals surface area contributed by atoms with Crippen molar-refractivity contribution in [1.82, 2.24) is 4.98 Å². The predicted molar refractivity (Wildman–Crippen MR) is 76.5 cm³/mol. The molecule has 1 aromatic carbocycles. The van der Waals surface area contributed by atoms with Gasteiger partial charge in [-0.1, -0.05) is 6.92 Å². The summed E-state index contributed by atoms with van der Waals surface area (Å²) < 4.78 is 0. The first-order chi connectivity index (χ1) is 8.75. The number of nitrogens with two attached hydrogens (primary N) is 1. The first-order valence-corrected chi connectivity index (χ1v) is 6.63. The van der Waals surface area contributed by atoms with Crippen molar-refractivity contribution in [3.63, 3.8) is 0 Å². The number of aromatic nitrogens is 1. The molecule has 0 spiro atoms. The van der Waals surface area contributed by atoms with Gasteiger partial charge in [-0.15, -0.1) is 0 Å². The van der Waals surface area contributed by atoms with Crippen LogP contribution in [0, 0.1) is 11.8 Å². The monoisotopic (exact) mass is 241 g/mol. The lowest BCUT2D eigenvalue weighted by atomic mass is 10.1. The number of benzene rings is 1. The van der Waals surface area contributed by atoms with Gasteiger partial charge in [-0.05, 0) is 48.9 Å². The second kappa shape index (κ2) is 4.48. The fourth-order valence-electron chi connectivity index (χ4n) is 2.45. The minimum Gasteiger partial charge on any atom is -0.397 e. The molecule has 1 atom stereocenters. The summed E-state index contributed by atoms with van der Waals surface area (Å²) >= 11 is 0. The molecular formula is C15H19N3. The lowest BCUT2D eigenvalue weighted by molar-refractivity contribution is 0.537. The molecule has 3 nitrogen and oxygen atoms in total. The number of nitrogens with zero attached hydrogens (tertiary/aromatic N) is 1. The van der Waals surface area contributed by atoms with Crippen LogP contribution in [-0.2, 0) is 0 Å². The molecule has 94 valence electrons. The highest BCUT2D eigenvalue weighted by atomic mass is 14.9. The maximum absolute atomic E-state index is 5.95. The Bertz CT molecular complexity index is 561. The number of rotatable bonds is 4. The molecule has 3 rings (SSSR count). The molecule has 1 aromatic heterocycles. The Morgan fingerprint density at radius 3 is 3.00 bits per heavy atom. The number of hydrogen-bond acceptors (Lipinski definition) is 3. The van der Waals surface area contributed by atoms with Crippen LogP contribution in [0.2, 0.25) is 0 Å². The third-order valence-electron chi connectivity index (χ3n) is 3.84. The van der Waals surface area contributed by atoms with E-state index in [0.717, 1.165) is 40.7 Å². The second-order valence-corrected chi connectivity index (χ2v) is 5.30. The summed E-state index contributed by atoms with van der Waals surface area (Å²) in [5.41, 5.74) is 8.72. The van der Waals surface area contributed by atoms with E-state index in [9.17, 15) is 0 Å². The quantitative estimate of drug-likeness (QED) is 0.808. The predicted octanol–water partition coefficient (Wildman–Crippen LogP) is 3.28. The van der Waals surface area contributed by atoms with Crippen molar-refractivity contribution in [3.05, 3.63) is 30.5 Å². The van der Waals surface area contributed by atoms with E-state index in [0.29, 0.717) is 0 Å². The fourth-order valence-corrected chi connectivity index (χ4v) is 2.45. The zero-order valence-electron chi connectivity index (χ0n) is 10.7. The molecule has 1 aliphatic rings. The maximum Gasteiger partial charge on any atom is 0.0951 e. The van der Waals surface area contributed by atoms with Crippen LogP contribution in [0.3, 0.4) is 0 Å². The minimum atomic E-state index is 0.742. The third kappa shape index (κ3) is 2.13. The molecule has 0 aliphatic heterocycles. The van der Waals surface area contributed by atoms with Crippen molar-refractivity contribution in [3.8, 4) is 0 Å². The lowest BCUT2D eigenvalue weighted by Crippen LogP contribution is -2.13. The number of nitrogen functional groups attached to an aromatic ring is 1. The van der Waals surface area contributed by atoms with Crippen LogP contribution in [0.1, 0.15) is 19.8 Å². The van der Waals surface area contributed by atoms with E-state index in [2.05, 4.69) is 29.4 Å². The Morgan fingerprint density at radius 2 is 2.22 bits per heavy atom. The highest BCUT2D eigenvalue weighted by Gasteiger charge is 2.27. The highest BCUT2D eigenvalue weighted by molar-refractivity contribution is 5.98. The van der Waals surface area contributed by atoms with Gasteiger partial charge >= 0.3 is 0 Å². The summed E-state index contributed by atoms with van der Waals surface area (Å²) in [5, 5.41) is 4.65. The zero-order chi connectivity index (χ0) is 12.5. The van der Waals surface area contributed by atoms with Gasteiger partial charge in [0.2, 0.25) is 0 Å². The van der Waals surface area contributed by atoms with Gasteiger partial charge in [0.25, 0.3) is 0 Å². The van der Waals surface area contributed by atoms with Gasteiger partial charge in [0.1, 0.15) is 0 Å². The maximum atomic E-state index is 5.95. The first-order valence-electron chi connectivity index (χ1n) is 6.63. The minimum absolute atomic E-state index is 0.742. The van der Waals surface area contributed by atoms with Crippen molar-refractivity contribution in [2.45, 2.75) is 19.8 Å². The summed E-state index contributed by atoms with van der Waals surface area (Å²) in [4.78, 5) is 4.35. The summed E-state index contributed by atoms with van der Waals surface area (Å²) in [6, 6.07) is 8.01. The number of fused-ring (bicyclic) bond motifs is 1. The van der Waals surface area contributed by atoms with E-state index in [4.69, 9.17) is 5.73 Å². The zero-order valence-corrected chi connectivity index (χ0v) is 10.7. The molecule has 1 aliphatic carbocycles. The van der Waals surface area contributed by atoms with E-state index >= 15 is 0 Å². The Balaban J connectivity index is 1.85. The van der Waals surface area contributed by atoms with Gasteiger partial charge < -0.3 is 11.1 Å². The van der Waals surface area contributed by atoms with Crippen LogP contribution in [0.5, 0.6) is 0 Å². The van der Waals surface area contributed by atoms with Crippen molar-refractivity contribution in [1.29, 1.82) is 0 Å². The van der Waals surface area contributed by atoms with E-state index in [1.807, 2.05) is 12.1 Å². The van der Waals surface area contributed by atoms with Crippen molar-refractivity contribution < 1.29 is 0 Å². The SMILES string of the molecule is CC(CNc1ccc(N)c2ncccc12)C1CC1. The van der Waals surface area contributed by atoms with E-state index < -0.39 is 0 Å². The van der Waals surface area contributed by atoms with Gasteiger partial charge in [0, 0.05) is 23.8 Å². The molecule has 1 unspecified atom stereocenters. The summed E-state index contributed by atoms with van der Waals surface area (Å²) in [6.07, 6.45) is 4.58. The topological polar surface area (TPSA) is 50.9 Å². The average molecular weight is 241 g/mol. The third-order valence-corrected chi connectivity index (χ3v) is 3.84. The van der Waals surface area contributed by atoms with Crippen molar-refractivity contribution in [2.24, 2.45) is 11.8 Å². The second-order valence-electron chi connectivity index (χ2n) is 5.30. The van der Waals surface area contributed by atoms with Crippen LogP contribution in [0.15, 0.2) is 30.5 Å². The molecule has 2 aromatic rings. The summed E-state index contributed by atoms with van der Waals surface area (Å²) in [7, 11) is 0. The largest absolute Gasteiger partial charge is 0.397 e. The first kappa shape index (κ1) is 11.3. The van der Waals surface area contributed by atoms with Gasteiger partial charge in [0.15, 0.2) is 0 Å². The van der Waals surface area contributed by atoms with Gasteiger partial charge in [-0.2, -0.15) is 0 Å². The summed E-state index contributed by atoms with van der Waals surface area (Å²) in [6.45, 7) is 3.35. The lowest BCUT2D eigenvalue weighted by Gasteiger charge is -2.14. The number of hydrogen-bond donors (Lipinski definition) is 2. The smallest absolute Gasteiger partial charge is 0.0951 e. The van der Waals surface area contributed by atoms with E-state index in [1.54, 1.807) is 6.20 Å². The molecule has 0 radical (unpaired) electrons. The number of anilines is 2. The Labute approximate surface area is 107 Å². The molecule has 0 bridgehead atoms. The Morgan fingerprint density at radius 1 is 1.39 bits per heavy atom. The molecule has 18 heavy (non-hydrogen) atoms. The average Bonchev–Trinajstić information content (AvgIpc) is 3.22. The normalized spacial score (nSPS) is 16.7. The molecule has 3 heteroatoms. The molecule has 1 fully saturated rings. The van der Waals surface area contributed by atoms with Gasteiger partial charge in [-0.25, -0.2) is 0 Å². The Hall–Kier alpha value is -1.77. The molecule has 3 N–H and O–H groups in total.